The second kappa shape index (κ2) is 4.95. The van der Waals surface area contributed by atoms with Crippen molar-refractivity contribution in [2.24, 2.45) is 0 Å². The van der Waals surface area contributed by atoms with E-state index < -0.39 is 5.82 Å². The zero-order valence-corrected chi connectivity index (χ0v) is 10.2. The predicted molar refractivity (Wildman–Crippen MR) is 68.0 cm³/mol. The number of aromatic amines is 1. The molecule has 0 radical (unpaired) electrons. The Morgan fingerprint density at radius 1 is 1.50 bits per heavy atom. The van der Waals surface area contributed by atoms with Crippen LogP contribution >= 0.6 is 0 Å². The number of rotatable bonds is 4. The smallest absolute Gasteiger partial charge is 0.167 e. The highest BCUT2D eigenvalue weighted by Gasteiger charge is 2.12. The van der Waals surface area contributed by atoms with Crippen molar-refractivity contribution >= 4 is 11.4 Å². The molecule has 0 bridgehead atoms. The number of nitrogens with zero attached hydrogens (tertiary/aromatic N) is 1. The van der Waals surface area contributed by atoms with Crippen LogP contribution in [0.2, 0.25) is 0 Å². The maximum absolute atomic E-state index is 13.4. The molecule has 1 unspecified atom stereocenters. The number of nitrogen functional groups attached to an aromatic ring is 1. The van der Waals surface area contributed by atoms with Crippen molar-refractivity contribution in [1.29, 1.82) is 0 Å². The van der Waals surface area contributed by atoms with Gasteiger partial charge in [0, 0.05) is 23.9 Å². The van der Waals surface area contributed by atoms with Gasteiger partial charge in [0.2, 0.25) is 0 Å². The van der Waals surface area contributed by atoms with Crippen LogP contribution in [-0.2, 0) is 0 Å². The lowest BCUT2D eigenvalue weighted by molar-refractivity contribution is 0.387. The maximum atomic E-state index is 13.4. The van der Waals surface area contributed by atoms with Crippen molar-refractivity contribution in [2.75, 3.05) is 18.2 Å². The minimum atomic E-state index is -0.475. The van der Waals surface area contributed by atoms with E-state index in [0.717, 1.165) is 5.56 Å². The Morgan fingerprint density at radius 3 is 2.89 bits per heavy atom. The van der Waals surface area contributed by atoms with Gasteiger partial charge in [0.1, 0.15) is 0 Å². The van der Waals surface area contributed by atoms with Gasteiger partial charge < -0.3 is 15.8 Å². The van der Waals surface area contributed by atoms with E-state index in [9.17, 15) is 4.39 Å². The van der Waals surface area contributed by atoms with Crippen molar-refractivity contribution in [1.82, 2.24) is 10.2 Å². The van der Waals surface area contributed by atoms with Crippen LogP contribution in [0.3, 0.4) is 0 Å². The lowest BCUT2D eigenvalue weighted by Gasteiger charge is -2.16. The van der Waals surface area contributed by atoms with Gasteiger partial charge in [-0.25, -0.2) is 4.39 Å². The van der Waals surface area contributed by atoms with E-state index in [-0.39, 0.29) is 11.8 Å². The molecular formula is C12H15FN4O. The quantitative estimate of drug-likeness (QED) is 0.728. The molecular weight excluding hydrogens is 235 g/mol. The predicted octanol–water partition coefficient (Wildman–Crippen LogP) is 2.31. The monoisotopic (exact) mass is 250 g/mol. The van der Waals surface area contributed by atoms with Crippen LogP contribution in [0.15, 0.2) is 24.5 Å². The van der Waals surface area contributed by atoms with Gasteiger partial charge in [0.25, 0.3) is 0 Å². The summed E-state index contributed by atoms with van der Waals surface area (Å²) in [5, 5.41) is 9.79. The van der Waals surface area contributed by atoms with Crippen molar-refractivity contribution < 1.29 is 9.13 Å². The van der Waals surface area contributed by atoms with E-state index in [2.05, 4.69) is 15.5 Å². The summed E-state index contributed by atoms with van der Waals surface area (Å²) < 4.78 is 18.3. The van der Waals surface area contributed by atoms with E-state index in [1.807, 2.05) is 6.92 Å². The molecule has 0 aliphatic carbocycles. The van der Waals surface area contributed by atoms with E-state index >= 15 is 0 Å². The number of benzene rings is 1. The first kappa shape index (κ1) is 12.2. The first-order valence-electron chi connectivity index (χ1n) is 5.50. The number of nitrogens with two attached hydrogens (primary N) is 1. The van der Waals surface area contributed by atoms with Crippen LogP contribution in [0.1, 0.15) is 18.5 Å². The molecule has 6 heteroatoms. The van der Waals surface area contributed by atoms with Gasteiger partial charge in [0.15, 0.2) is 11.6 Å². The molecule has 1 atom stereocenters. The van der Waals surface area contributed by atoms with E-state index in [4.69, 9.17) is 10.5 Å². The molecule has 1 aromatic carbocycles. The summed E-state index contributed by atoms with van der Waals surface area (Å²) in [6.45, 7) is 1.96. The molecule has 0 amide bonds. The molecule has 0 spiro atoms. The SMILES string of the molecule is COc1cc(NC(C)c2cn[nH]c2)c(N)cc1F. The molecule has 2 rings (SSSR count). The lowest BCUT2D eigenvalue weighted by Crippen LogP contribution is -2.08. The third-order valence-corrected chi connectivity index (χ3v) is 2.72. The number of H-pyrrole nitrogens is 1. The maximum Gasteiger partial charge on any atom is 0.167 e. The highest BCUT2D eigenvalue weighted by molar-refractivity contribution is 5.69. The van der Waals surface area contributed by atoms with Gasteiger partial charge in [-0.05, 0) is 6.92 Å². The summed E-state index contributed by atoms with van der Waals surface area (Å²) in [5.41, 5.74) is 7.71. The number of ether oxygens (including phenoxy) is 1. The Kier molecular flexibility index (Phi) is 3.36. The number of anilines is 2. The molecule has 0 aliphatic rings. The summed E-state index contributed by atoms with van der Waals surface area (Å²) in [7, 11) is 1.41. The molecule has 1 aromatic heterocycles. The molecule has 2 aromatic rings. The fourth-order valence-corrected chi connectivity index (χ4v) is 1.66. The number of nitrogens with one attached hydrogen (secondary N) is 2. The second-order valence-corrected chi connectivity index (χ2v) is 3.97. The number of hydrogen-bond acceptors (Lipinski definition) is 4. The average molecular weight is 250 g/mol. The molecule has 4 N–H and O–H groups in total. The van der Waals surface area contributed by atoms with Gasteiger partial charge in [-0.1, -0.05) is 0 Å². The number of methoxy groups -OCH3 is 1. The first-order valence-corrected chi connectivity index (χ1v) is 5.50. The Morgan fingerprint density at radius 2 is 2.28 bits per heavy atom. The number of aromatic nitrogens is 2. The van der Waals surface area contributed by atoms with Gasteiger partial charge in [-0.15, -0.1) is 0 Å². The van der Waals surface area contributed by atoms with Crippen LogP contribution in [0, 0.1) is 5.82 Å². The highest BCUT2D eigenvalue weighted by Crippen LogP contribution is 2.30. The zero-order valence-electron chi connectivity index (χ0n) is 10.2. The molecule has 0 aliphatic heterocycles. The summed E-state index contributed by atoms with van der Waals surface area (Å²) in [4.78, 5) is 0. The van der Waals surface area contributed by atoms with Crippen LogP contribution < -0.4 is 15.8 Å². The highest BCUT2D eigenvalue weighted by atomic mass is 19.1. The van der Waals surface area contributed by atoms with Crippen molar-refractivity contribution in [3.63, 3.8) is 0 Å². The van der Waals surface area contributed by atoms with Gasteiger partial charge >= 0.3 is 0 Å². The van der Waals surface area contributed by atoms with Crippen molar-refractivity contribution in [3.05, 3.63) is 35.9 Å². The van der Waals surface area contributed by atoms with Crippen LogP contribution in [0.25, 0.3) is 0 Å². The fourth-order valence-electron chi connectivity index (χ4n) is 1.66. The van der Waals surface area contributed by atoms with Crippen LogP contribution in [-0.4, -0.2) is 17.3 Å². The average Bonchev–Trinajstić information content (AvgIpc) is 2.86. The van der Waals surface area contributed by atoms with Crippen LogP contribution in [0.5, 0.6) is 5.75 Å². The topological polar surface area (TPSA) is 76.0 Å². The van der Waals surface area contributed by atoms with Crippen molar-refractivity contribution in [3.8, 4) is 5.75 Å². The number of hydrogen-bond donors (Lipinski definition) is 3. The normalized spacial score (nSPS) is 12.2. The Balaban J connectivity index is 2.23. The zero-order chi connectivity index (χ0) is 13.1. The largest absolute Gasteiger partial charge is 0.494 e. The molecule has 0 saturated heterocycles. The summed E-state index contributed by atoms with van der Waals surface area (Å²) in [6, 6.07) is 2.78. The Labute approximate surface area is 104 Å². The molecule has 1 heterocycles. The Hall–Kier alpha value is -2.24. The van der Waals surface area contributed by atoms with Crippen LogP contribution in [0.4, 0.5) is 15.8 Å². The number of halogens is 1. The summed E-state index contributed by atoms with van der Waals surface area (Å²) in [6.07, 6.45) is 3.50. The summed E-state index contributed by atoms with van der Waals surface area (Å²) in [5.74, 6) is -0.317. The molecule has 18 heavy (non-hydrogen) atoms. The lowest BCUT2D eigenvalue weighted by atomic mass is 10.1. The van der Waals surface area contributed by atoms with Crippen molar-refractivity contribution in [2.45, 2.75) is 13.0 Å². The van der Waals surface area contributed by atoms with E-state index in [0.29, 0.717) is 11.4 Å². The second-order valence-electron chi connectivity index (χ2n) is 3.97. The molecule has 96 valence electrons. The molecule has 0 fully saturated rings. The minimum absolute atomic E-state index is 0.00113. The third kappa shape index (κ3) is 2.37. The third-order valence-electron chi connectivity index (χ3n) is 2.72. The molecule has 0 saturated carbocycles. The van der Waals surface area contributed by atoms with E-state index in [1.165, 1.54) is 13.2 Å². The van der Waals surface area contributed by atoms with Gasteiger partial charge in [-0.2, -0.15) is 5.10 Å². The fraction of sp³-hybridized carbons (Fsp3) is 0.250. The standard InChI is InChI=1S/C12H15FN4O/c1-7(8-5-15-16-6-8)17-11-4-12(18-2)9(13)3-10(11)14/h3-7,17H,14H2,1-2H3,(H,15,16). The van der Waals surface area contributed by atoms with Gasteiger partial charge in [0.05, 0.1) is 30.7 Å². The first-order chi connectivity index (χ1) is 8.61. The van der Waals surface area contributed by atoms with Gasteiger partial charge in [-0.3, -0.25) is 5.10 Å². The molecule has 5 nitrogen and oxygen atoms in total. The van der Waals surface area contributed by atoms with E-state index in [1.54, 1.807) is 18.5 Å². The Bertz CT molecular complexity index is 527. The summed E-state index contributed by atoms with van der Waals surface area (Å²) >= 11 is 0. The minimum Gasteiger partial charge on any atom is -0.494 e.